The van der Waals surface area contributed by atoms with Crippen molar-refractivity contribution < 1.29 is 13.6 Å². The number of carbonyl (C=O) groups excluding carboxylic acids is 1. The van der Waals surface area contributed by atoms with E-state index in [9.17, 15) is 13.6 Å². The van der Waals surface area contributed by atoms with Crippen LogP contribution >= 0.6 is 0 Å². The summed E-state index contributed by atoms with van der Waals surface area (Å²) >= 11 is 0. The lowest BCUT2D eigenvalue weighted by Crippen LogP contribution is -2.48. The van der Waals surface area contributed by atoms with Gasteiger partial charge in [-0.3, -0.25) is 9.69 Å². The summed E-state index contributed by atoms with van der Waals surface area (Å²) < 4.78 is 25.9. The van der Waals surface area contributed by atoms with Crippen LogP contribution in [0.3, 0.4) is 0 Å². The third kappa shape index (κ3) is 5.72. The minimum absolute atomic E-state index is 0.213. The van der Waals surface area contributed by atoms with Crippen molar-refractivity contribution in [2.45, 2.75) is 12.3 Å². The van der Waals surface area contributed by atoms with Crippen LogP contribution in [-0.4, -0.2) is 67.5 Å². The van der Waals surface area contributed by atoms with Gasteiger partial charge in [0.1, 0.15) is 5.82 Å². The van der Waals surface area contributed by atoms with E-state index in [2.05, 4.69) is 20.1 Å². The Hall–Kier alpha value is -1.80. The highest BCUT2D eigenvalue weighted by atomic mass is 19.3. The predicted octanol–water partition coefficient (Wildman–Crippen LogP) is 0.304. The number of hydrogen-bond donors (Lipinski definition) is 2. The Kier molecular flexibility index (Phi) is 6.23. The number of nitrogens with one attached hydrogen (secondary N) is 1. The van der Waals surface area contributed by atoms with Crippen molar-refractivity contribution in [3.05, 3.63) is 24.4 Å². The molecule has 0 bridgehead atoms. The molecule has 1 aromatic rings. The fraction of sp³-hybridized carbons (Fsp3) is 0.600. The molecule has 0 unspecified atom stereocenters. The number of hydrogen-bond acceptors (Lipinski definition) is 5. The Morgan fingerprint density at radius 3 is 2.65 bits per heavy atom. The first-order valence-electron chi connectivity index (χ1n) is 7.73. The highest BCUT2D eigenvalue weighted by Crippen LogP contribution is 2.12. The zero-order valence-electron chi connectivity index (χ0n) is 13.0. The zero-order chi connectivity index (χ0) is 16.7. The molecule has 1 saturated heterocycles. The van der Waals surface area contributed by atoms with Crippen molar-refractivity contribution in [1.82, 2.24) is 15.2 Å². The molecular weight excluding hydrogens is 304 g/mol. The van der Waals surface area contributed by atoms with Crippen LogP contribution in [-0.2, 0) is 4.79 Å². The molecule has 2 rings (SSSR count). The van der Waals surface area contributed by atoms with Crippen LogP contribution in [0.4, 0.5) is 14.6 Å². The number of carbonyl (C=O) groups is 1. The van der Waals surface area contributed by atoms with E-state index in [0.29, 0.717) is 6.54 Å². The Labute approximate surface area is 134 Å². The molecule has 0 aromatic carbocycles. The molecule has 128 valence electrons. The topological polar surface area (TPSA) is 74.5 Å². The molecule has 0 saturated carbocycles. The summed E-state index contributed by atoms with van der Waals surface area (Å²) in [6.45, 7) is 2.42. The van der Waals surface area contributed by atoms with Crippen molar-refractivity contribution >= 4 is 11.7 Å². The van der Waals surface area contributed by atoms with Crippen molar-refractivity contribution in [3.63, 3.8) is 0 Å². The van der Waals surface area contributed by atoms with E-state index in [1.165, 1.54) is 0 Å². The predicted molar refractivity (Wildman–Crippen MR) is 84.5 cm³/mol. The average molecular weight is 327 g/mol. The van der Waals surface area contributed by atoms with Crippen LogP contribution in [0.2, 0.25) is 0 Å². The van der Waals surface area contributed by atoms with Gasteiger partial charge in [-0.1, -0.05) is 6.07 Å². The van der Waals surface area contributed by atoms with Crippen molar-refractivity contribution in [3.8, 4) is 0 Å². The third-order valence-electron chi connectivity index (χ3n) is 3.84. The Morgan fingerprint density at radius 1 is 1.30 bits per heavy atom. The SMILES string of the molecule is NCC(F)(F)CNC(=O)CCN1CCN(c2ccccn2)CC1. The molecule has 1 fully saturated rings. The monoisotopic (exact) mass is 327 g/mol. The van der Waals surface area contributed by atoms with Gasteiger partial charge < -0.3 is 16.0 Å². The second kappa shape index (κ2) is 8.16. The largest absolute Gasteiger partial charge is 0.354 e. The van der Waals surface area contributed by atoms with Gasteiger partial charge in [-0.15, -0.1) is 0 Å². The summed E-state index contributed by atoms with van der Waals surface area (Å²) in [5, 5.41) is 2.23. The van der Waals surface area contributed by atoms with Gasteiger partial charge in [0.05, 0.1) is 13.1 Å². The molecule has 0 radical (unpaired) electrons. The standard InChI is InChI=1S/C15H23F2N5O/c16-15(17,11-18)12-20-14(23)4-6-21-7-9-22(10-8-21)13-3-1-2-5-19-13/h1-3,5H,4,6-12,18H2,(H,20,23). The minimum atomic E-state index is -3.04. The summed E-state index contributed by atoms with van der Waals surface area (Å²) in [6, 6.07) is 5.81. The lowest BCUT2D eigenvalue weighted by atomic mass is 10.2. The maximum Gasteiger partial charge on any atom is 0.277 e. The number of aromatic nitrogens is 1. The van der Waals surface area contributed by atoms with Crippen LogP contribution < -0.4 is 16.0 Å². The fourth-order valence-corrected chi connectivity index (χ4v) is 2.39. The second-order valence-electron chi connectivity index (χ2n) is 5.60. The molecule has 0 atom stereocenters. The third-order valence-corrected chi connectivity index (χ3v) is 3.84. The van der Waals surface area contributed by atoms with Gasteiger partial charge in [0.25, 0.3) is 5.92 Å². The number of alkyl halides is 2. The maximum absolute atomic E-state index is 13.0. The minimum Gasteiger partial charge on any atom is -0.354 e. The first-order chi connectivity index (χ1) is 11.0. The number of piperazine rings is 1. The van der Waals surface area contributed by atoms with E-state index in [4.69, 9.17) is 5.73 Å². The lowest BCUT2D eigenvalue weighted by molar-refractivity contribution is -0.123. The summed E-state index contributed by atoms with van der Waals surface area (Å²) in [7, 11) is 0. The van der Waals surface area contributed by atoms with E-state index < -0.39 is 19.0 Å². The Bertz CT molecular complexity index is 492. The van der Waals surface area contributed by atoms with E-state index in [-0.39, 0.29) is 12.3 Å². The molecule has 2 heterocycles. The molecule has 1 amide bonds. The van der Waals surface area contributed by atoms with E-state index >= 15 is 0 Å². The van der Waals surface area contributed by atoms with Crippen molar-refractivity contribution in [2.24, 2.45) is 5.73 Å². The average Bonchev–Trinajstić information content (AvgIpc) is 2.59. The molecule has 23 heavy (non-hydrogen) atoms. The van der Waals surface area contributed by atoms with Gasteiger partial charge >= 0.3 is 0 Å². The highest BCUT2D eigenvalue weighted by molar-refractivity contribution is 5.76. The number of halogens is 2. The van der Waals surface area contributed by atoms with Crippen LogP contribution in [0, 0.1) is 0 Å². The summed E-state index contributed by atoms with van der Waals surface area (Å²) in [4.78, 5) is 20.3. The number of amides is 1. The van der Waals surface area contributed by atoms with Crippen molar-refractivity contribution in [1.29, 1.82) is 0 Å². The number of pyridine rings is 1. The quantitative estimate of drug-likeness (QED) is 0.754. The second-order valence-corrected chi connectivity index (χ2v) is 5.60. The number of rotatable bonds is 7. The van der Waals surface area contributed by atoms with Gasteiger partial charge in [-0.05, 0) is 12.1 Å². The van der Waals surface area contributed by atoms with Gasteiger partial charge in [0, 0.05) is 45.3 Å². The van der Waals surface area contributed by atoms with Crippen LogP contribution in [0.5, 0.6) is 0 Å². The smallest absolute Gasteiger partial charge is 0.277 e. The van der Waals surface area contributed by atoms with E-state index in [1.54, 1.807) is 6.20 Å². The molecule has 0 spiro atoms. The summed E-state index contributed by atoms with van der Waals surface area (Å²) in [6.07, 6.45) is 1.98. The normalized spacial score (nSPS) is 16.4. The molecule has 6 nitrogen and oxygen atoms in total. The van der Waals surface area contributed by atoms with Crippen LogP contribution in [0.15, 0.2) is 24.4 Å². The summed E-state index contributed by atoms with van der Waals surface area (Å²) in [5.74, 6) is -2.46. The van der Waals surface area contributed by atoms with Gasteiger partial charge in [-0.25, -0.2) is 13.8 Å². The van der Waals surface area contributed by atoms with Crippen LogP contribution in [0.25, 0.3) is 0 Å². The first-order valence-corrected chi connectivity index (χ1v) is 7.73. The fourth-order valence-electron chi connectivity index (χ4n) is 2.39. The first kappa shape index (κ1) is 17.6. The summed E-state index contributed by atoms with van der Waals surface area (Å²) in [5.41, 5.74) is 4.93. The number of anilines is 1. The molecule has 1 aliphatic rings. The maximum atomic E-state index is 13.0. The van der Waals surface area contributed by atoms with Crippen LogP contribution in [0.1, 0.15) is 6.42 Å². The number of nitrogens with zero attached hydrogens (tertiary/aromatic N) is 3. The highest BCUT2D eigenvalue weighted by Gasteiger charge is 2.27. The van der Waals surface area contributed by atoms with Gasteiger partial charge in [0.2, 0.25) is 5.91 Å². The molecule has 3 N–H and O–H groups in total. The molecule has 0 aliphatic carbocycles. The van der Waals surface area contributed by atoms with E-state index in [0.717, 1.165) is 32.0 Å². The van der Waals surface area contributed by atoms with E-state index in [1.807, 2.05) is 18.2 Å². The van der Waals surface area contributed by atoms with Crippen molar-refractivity contribution in [2.75, 3.05) is 50.7 Å². The molecular formula is C15H23F2N5O. The molecule has 8 heteroatoms. The lowest BCUT2D eigenvalue weighted by Gasteiger charge is -2.35. The Morgan fingerprint density at radius 2 is 2.04 bits per heavy atom. The van der Waals surface area contributed by atoms with Gasteiger partial charge in [0.15, 0.2) is 0 Å². The molecule has 1 aliphatic heterocycles. The zero-order valence-corrected chi connectivity index (χ0v) is 13.0. The number of nitrogens with two attached hydrogens (primary N) is 1. The molecule has 1 aromatic heterocycles. The van der Waals surface area contributed by atoms with Gasteiger partial charge in [-0.2, -0.15) is 0 Å². The Balaban J connectivity index is 1.66.